The van der Waals surface area contributed by atoms with E-state index >= 15 is 0 Å². The van der Waals surface area contributed by atoms with Crippen molar-refractivity contribution in [2.75, 3.05) is 0 Å². The van der Waals surface area contributed by atoms with E-state index in [1.807, 2.05) is 0 Å². The van der Waals surface area contributed by atoms with Crippen LogP contribution in [0.3, 0.4) is 0 Å². The Morgan fingerprint density at radius 2 is 1.59 bits per heavy atom. The molecule has 1 aliphatic heterocycles. The number of rotatable bonds is 2. The molecule has 0 aliphatic carbocycles. The van der Waals surface area contributed by atoms with E-state index in [1.54, 1.807) is 0 Å². The van der Waals surface area contributed by atoms with Gasteiger partial charge in [0.25, 0.3) is 0 Å². The van der Waals surface area contributed by atoms with Gasteiger partial charge in [-0.25, -0.2) is 0 Å². The zero-order valence-electron chi connectivity index (χ0n) is 15.0. The van der Waals surface area contributed by atoms with Crippen LogP contribution in [-0.2, 0) is 4.74 Å². The average molecular weight is 406 g/mol. The number of fused-ring (bicyclic) bond motifs is 2. The van der Waals surface area contributed by atoms with Crippen molar-refractivity contribution in [3.63, 3.8) is 0 Å². The highest BCUT2D eigenvalue weighted by molar-refractivity contribution is 5.95. The van der Waals surface area contributed by atoms with Gasteiger partial charge in [0.1, 0.15) is 46.4 Å². The largest absolute Gasteiger partial charge is 0.508 e. The first-order valence-corrected chi connectivity index (χ1v) is 8.69. The standard InChI is InChI=1S/C19H18O10/c1-6-15(23)17(25)18(26)19(27-6)29-13-3-7(20)2-12-14(13)16(24)8-4-9(21)10(22)5-11(8)28-12/h2-6,15,17-23,25-26H,1H3/t6-,15-,17+,18-,19+/m1/s1. The Bertz CT molecular complexity index is 1150. The summed E-state index contributed by atoms with van der Waals surface area (Å²) in [5.74, 6) is -1.54. The maximum absolute atomic E-state index is 13.0. The highest BCUT2D eigenvalue weighted by Gasteiger charge is 2.43. The van der Waals surface area contributed by atoms with Crippen molar-refractivity contribution in [2.45, 2.75) is 37.6 Å². The normalized spacial score (nSPS) is 27.4. The molecule has 1 aromatic heterocycles. The van der Waals surface area contributed by atoms with Crippen LogP contribution < -0.4 is 10.2 Å². The number of hydrogen-bond donors (Lipinski definition) is 6. The van der Waals surface area contributed by atoms with Crippen molar-refractivity contribution in [3.8, 4) is 23.0 Å². The molecule has 0 amide bonds. The molecule has 0 spiro atoms. The SMILES string of the molecule is C[C@H]1O[C@@H](Oc2cc(O)cc3oc4cc(O)c(O)cc4c(=O)c23)[C@H](O)[C@@H](O)[C@@H]1O. The van der Waals surface area contributed by atoms with Crippen LogP contribution in [0.2, 0.25) is 0 Å². The minimum atomic E-state index is -1.63. The number of aliphatic hydroxyl groups excluding tert-OH is 3. The Morgan fingerprint density at radius 1 is 0.897 bits per heavy atom. The van der Waals surface area contributed by atoms with E-state index in [0.29, 0.717) is 0 Å². The second-order valence-corrected chi connectivity index (χ2v) is 6.88. The van der Waals surface area contributed by atoms with Crippen molar-refractivity contribution in [3.05, 3.63) is 34.5 Å². The lowest BCUT2D eigenvalue weighted by atomic mass is 10.00. The number of phenols is 3. The minimum Gasteiger partial charge on any atom is -0.508 e. The quantitative estimate of drug-likeness (QED) is 0.256. The molecule has 1 aliphatic rings. The summed E-state index contributed by atoms with van der Waals surface area (Å²) in [6.07, 6.45) is -6.84. The van der Waals surface area contributed by atoms with Gasteiger partial charge >= 0.3 is 0 Å². The fourth-order valence-electron chi connectivity index (χ4n) is 3.28. The molecule has 6 N–H and O–H groups in total. The number of benzene rings is 2. The van der Waals surface area contributed by atoms with Gasteiger partial charge in [0, 0.05) is 18.2 Å². The molecule has 29 heavy (non-hydrogen) atoms. The van der Waals surface area contributed by atoms with E-state index in [1.165, 1.54) is 6.92 Å². The summed E-state index contributed by atoms with van der Waals surface area (Å²) in [7, 11) is 0. The second kappa shape index (κ2) is 6.78. The zero-order chi connectivity index (χ0) is 21.0. The molecular formula is C19H18O10. The Hall–Kier alpha value is -3.05. The van der Waals surface area contributed by atoms with E-state index in [-0.39, 0.29) is 33.4 Å². The molecule has 3 aromatic rings. The van der Waals surface area contributed by atoms with Gasteiger partial charge < -0.3 is 44.5 Å². The summed E-state index contributed by atoms with van der Waals surface area (Å²) < 4.78 is 16.5. The summed E-state index contributed by atoms with van der Waals surface area (Å²) in [6, 6.07) is 4.35. The van der Waals surface area contributed by atoms with E-state index in [4.69, 9.17) is 13.9 Å². The maximum Gasteiger partial charge on any atom is 0.229 e. The molecule has 2 aromatic carbocycles. The second-order valence-electron chi connectivity index (χ2n) is 6.88. The molecule has 1 fully saturated rings. The molecule has 0 radical (unpaired) electrons. The molecule has 10 nitrogen and oxygen atoms in total. The predicted octanol–water partition coefficient (Wildman–Crippen LogP) is 0.269. The molecule has 2 heterocycles. The Balaban J connectivity index is 1.87. The van der Waals surface area contributed by atoms with Crippen molar-refractivity contribution in [2.24, 2.45) is 0 Å². The first kappa shape index (κ1) is 19.3. The molecule has 5 atom stereocenters. The van der Waals surface area contributed by atoms with Crippen LogP contribution in [0.5, 0.6) is 23.0 Å². The summed E-state index contributed by atoms with van der Waals surface area (Å²) >= 11 is 0. The summed E-state index contributed by atoms with van der Waals surface area (Å²) in [5.41, 5.74) is -0.748. The molecule has 0 bridgehead atoms. The van der Waals surface area contributed by atoms with Gasteiger partial charge in [-0.15, -0.1) is 0 Å². The summed E-state index contributed by atoms with van der Waals surface area (Å²) in [4.78, 5) is 13.0. The van der Waals surface area contributed by atoms with Gasteiger partial charge in [-0.1, -0.05) is 0 Å². The van der Waals surface area contributed by atoms with E-state index in [0.717, 1.165) is 24.3 Å². The van der Waals surface area contributed by atoms with Crippen molar-refractivity contribution in [1.29, 1.82) is 0 Å². The number of ether oxygens (including phenoxy) is 2. The van der Waals surface area contributed by atoms with Crippen molar-refractivity contribution < 1.29 is 44.5 Å². The lowest BCUT2D eigenvalue weighted by molar-refractivity contribution is -0.267. The van der Waals surface area contributed by atoms with Crippen LogP contribution in [0.4, 0.5) is 0 Å². The fourth-order valence-corrected chi connectivity index (χ4v) is 3.28. The third kappa shape index (κ3) is 3.12. The maximum atomic E-state index is 13.0. The average Bonchev–Trinajstić information content (AvgIpc) is 2.65. The number of phenolic OH excluding ortho intramolecular Hbond substituents is 3. The molecular weight excluding hydrogens is 388 g/mol. The molecule has 4 rings (SSSR count). The molecule has 0 unspecified atom stereocenters. The van der Waals surface area contributed by atoms with Crippen LogP contribution >= 0.6 is 0 Å². The van der Waals surface area contributed by atoms with Gasteiger partial charge in [0.05, 0.1) is 11.5 Å². The van der Waals surface area contributed by atoms with Crippen molar-refractivity contribution in [1.82, 2.24) is 0 Å². The Labute approximate surface area is 162 Å². The Kier molecular flexibility index (Phi) is 4.50. The number of aliphatic hydroxyl groups is 3. The highest BCUT2D eigenvalue weighted by Crippen LogP contribution is 2.36. The van der Waals surface area contributed by atoms with E-state index < -0.39 is 47.6 Å². The lowest BCUT2D eigenvalue weighted by Crippen LogP contribution is -2.58. The van der Waals surface area contributed by atoms with E-state index in [9.17, 15) is 35.4 Å². The van der Waals surface area contributed by atoms with Gasteiger partial charge in [-0.2, -0.15) is 0 Å². The number of aromatic hydroxyl groups is 3. The van der Waals surface area contributed by atoms with Gasteiger partial charge in [0.15, 0.2) is 11.5 Å². The van der Waals surface area contributed by atoms with Crippen LogP contribution in [0.15, 0.2) is 33.5 Å². The van der Waals surface area contributed by atoms with Gasteiger partial charge in [-0.3, -0.25) is 4.79 Å². The third-order valence-electron chi connectivity index (χ3n) is 4.87. The van der Waals surface area contributed by atoms with Crippen LogP contribution in [-0.4, -0.2) is 61.3 Å². The zero-order valence-corrected chi connectivity index (χ0v) is 15.0. The highest BCUT2D eigenvalue weighted by atomic mass is 16.7. The minimum absolute atomic E-state index is 0.0320. The molecule has 10 heteroatoms. The predicted molar refractivity (Wildman–Crippen MR) is 98.0 cm³/mol. The first-order chi connectivity index (χ1) is 13.7. The van der Waals surface area contributed by atoms with Crippen molar-refractivity contribution >= 4 is 21.9 Å². The van der Waals surface area contributed by atoms with Crippen LogP contribution in [0.1, 0.15) is 6.92 Å². The number of hydrogen-bond acceptors (Lipinski definition) is 10. The lowest BCUT2D eigenvalue weighted by Gasteiger charge is -2.38. The van der Waals surface area contributed by atoms with Gasteiger partial charge in [0.2, 0.25) is 11.7 Å². The summed E-state index contributed by atoms with van der Waals surface area (Å²) in [5, 5.41) is 59.0. The van der Waals surface area contributed by atoms with Gasteiger partial charge in [-0.05, 0) is 13.0 Å². The molecule has 0 saturated carbocycles. The van der Waals surface area contributed by atoms with Crippen LogP contribution in [0.25, 0.3) is 21.9 Å². The van der Waals surface area contributed by atoms with E-state index in [2.05, 4.69) is 0 Å². The smallest absolute Gasteiger partial charge is 0.229 e. The monoisotopic (exact) mass is 406 g/mol. The summed E-state index contributed by atoms with van der Waals surface area (Å²) in [6.45, 7) is 1.47. The first-order valence-electron chi connectivity index (χ1n) is 8.69. The molecule has 1 saturated heterocycles. The van der Waals surface area contributed by atoms with Crippen LogP contribution in [0, 0.1) is 0 Å². The fraction of sp³-hybridized carbons (Fsp3) is 0.316. The molecule has 154 valence electrons. The third-order valence-corrected chi connectivity index (χ3v) is 4.87. The Morgan fingerprint density at radius 3 is 2.31 bits per heavy atom. The topological polar surface area (TPSA) is 170 Å².